The first-order chi connectivity index (χ1) is 20.3. The molecule has 43 heavy (non-hydrogen) atoms. The summed E-state index contributed by atoms with van der Waals surface area (Å²) in [5.41, 5.74) is -1.14. The quantitative estimate of drug-likeness (QED) is 0.158. The van der Waals surface area contributed by atoms with Crippen LogP contribution >= 0.6 is 0 Å². The van der Waals surface area contributed by atoms with E-state index in [-0.39, 0.29) is 29.2 Å². The van der Waals surface area contributed by atoms with Gasteiger partial charge in [-0.1, -0.05) is 31.2 Å². The van der Waals surface area contributed by atoms with Gasteiger partial charge in [0.25, 0.3) is 0 Å². The molecule has 0 atom stereocenters. The lowest BCUT2D eigenvalue weighted by Gasteiger charge is -2.29. The Morgan fingerprint density at radius 3 is 1.86 bits per heavy atom. The summed E-state index contributed by atoms with van der Waals surface area (Å²) in [5.74, 6) is -10.7. The predicted molar refractivity (Wildman–Crippen MR) is 133 cm³/mol. The molecule has 0 spiro atoms. The van der Waals surface area contributed by atoms with Gasteiger partial charge >= 0.3 is 12.5 Å². The second-order valence-electron chi connectivity index (χ2n) is 9.59. The van der Waals surface area contributed by atoms with E-state index in [9.17, 15) is 39.5 Å². The minimum Gasteiger partial charge on any atom is -0.429 e. The second-order valence-corrected chi connectivity index (χ2v) is 9.59. The smallest absolute Gasteiger partial charge is 0.429 e. The molecule has 5 nitrogen and oxygen atoms in total. The molecule has 14 heteroatoms. The molecule has 1 saturated heterocycles. The Morgan fingerprint density at radius 2 is 1.33 bits per heavy atom. The number of hydrogen-bond donors (Lipinski definition) is 0. The zero-order valence-corrected chi connectivity index (χ0v) is 22.5. The van der Waals surface area contributed by atoms with Crippen molar-refractivity contribution in [3.63, 3.8) is 0 Å². The maximum absolute atomic E-state index is 14.8. The summed E-state index contributed by atoms with van der Waals surface area (Å²) < 4.78 is 148. The maximum Gasteiger partial charge on any atom is 0.573 e. The van der Waals surface area contributed by atoms with Crippen LogP contribution in [0.1, 0.15) is 37.2 Å². The van der Waals surface area contributed by atoms with Gasteiger partial charge in [-0.3, -0.25) is 0 Å². The summed E-state index contributed by atoms with van der Waals surface area (Å²) >= 11 is 0. The van der Waals surface area contributed by atoms with Crippen molar-refractivity contribution in [2.75, 3.05) is 26.4 Å². The van der Waals surface area contributed by atoms with Gasteiger partial charge in [-0.05, 0) is 36.1 Å². The lowest BCUT2D eigenvalue weighted by molar-refractivity contribution is -0.276. The fourth-order valence-electron chi connectivity index (χ4n) is 4.26. The summed E-state index contributed by atoms with van der Waals surface area (Å²) in [7, 11) is 0. The molecule has 234 valence electrons. The minimum absolute atomic E-state index is 0.0499. The van der Waals surface area contributed by atoms with Crippen molar-refractivity contribution < 1.29 is 63.2 Å². The van der Waals surface area contributed by atoms with Gasteiger partial charge in [0, 0.05) is 36.8 Å². The molecule has 3 aromatic rings. The Hall–Kier alpha value is -3.49. The van der Waals surface area contributed by atoms with Gasteiger partial charge in [-0.2, -0.15) is 8.78 Å². The molecule has 3 aromatic carbocycles. The third-order valence-electron chi connectivity index (χ3n) is 6.27. The molecule has 0 saturated carbocycles. The summed E-state index contributed by atoms with van der Waals surface area (Å²) in [5, 5.41) is 0. The van der Waals surface area contributed by atoms with E-state index in [0.717, 1.165) is 12.8 Å². The average Bonchev–Trinajstić information content (AvgIpc) is 2.92. The molecular weight excluding hydrogens is 599 g/mol. The van der Waals surface area contributed by atoms with E-state index in [2.05, 4.69) is 9.47 Å². The topological polar surface area (TPSA) is 46.2 Å². The molecule has 4 rings (SSSR count). The Morgan fingerprint density at radius 1 is 0.744 bits per heavy atom. The molecule has 1 fully saturated rings. The van der Waals surface area contributed by atoms with Crippen molar-refractivity contribution in [1.29, 1.82) is 0 Å². The highest BCUT2D eigenvalue weighted by Gasteiger charge is 2.42. The Labute approximate surface area is 240 Å². The van der Waals surface area contributed by atoms with Crippen molar-refractivity contribution in [2.45, 2.75) is 38.5 Å². The van der Waals surface area contributed by atoms with Gasteiger partial charge in [-0.15, -0.1) is 13.2 Å². The number of rotatable bonds is 11. The van der Waals surface area contributed by atoms with Crippen LogP contribution < -0.4 is 9.47 Å². The standard InChI is InChI=1S/C29H25F9O5/c1-2-8-39-9-7-16-14-40-27(41-15-16)18-5-3-17(4-6-18)19-10-21(30)25(22(31)11-19)28(34,35)42-20-12-23(32)26(24(33)13-20)43-29(36,37)38/h3-6,10-13,16,27H,2,7-9,14-15H2,1H3. The Balaban J connectivity index is 1.44. The van der Waals surface area contributed by atoms with E-state index < -0.39 is 59.1 Å². The van der Waals surface area contributed by atoms with Gasteiger partial charge < -0.3 is 23.7 Å². The molecule has 0 radical (unpaired) electrons. The van der Waals surface area contributed by atoms with Crippen molar-refractivity contribution in [1.82, 2.24) is 0 Å². The van der Waals surface area contributed by atoms with Crippen molar-refractivity contribution in [2.24, 2.45) is 5.92 Å². The van der Waals surface area contributed by atoms with Crippen LogP contribution in [0.25, 0.3) is 11.1 Å². The van der Waals surface area contributed by atoms with Gasteiger partial charge in [0.1, 0.15) is 22.9 Å². The SMILES string of the molecule is CCCOCCC1COC(c2ccc(-c3cc(F)c(C(F)(F)Oc4cc(F)c(OC(F)(F)F)c(F)c4)c(F)c3)cc2)OC1. The molecule has 1 aliphatic rings. The largest absolute Gasteiger partial charge is 0.573 e. The molecule has 0 N–H and O–H groups in total. The Bertz CT molecular complexity index is 1340. The number of halogens is 9. The summed E-state index contributed by atoms with van der Waals surface area (Å²) in [6.07, 6.45) is -9.27. The zero-order chi connectivity index (χ0) is 31.4. The van der Waals surface area contributed by atoms with Crippen molar-refractivity contribution in [3.05, 3.63) is 82.9 Å². The minimum atomic E-state index is -5.48. The van der Waals surface area contributed by atoms with Crippen LogP contribution in [0.15, 0.2) is 48.5 Å². The second kappa shape index (κ2) is 13.4. The first-order valence-electron chi connectivity index (χ1n) is 13.0. The molecule has 0 aromatic heterocycles. The molecule has 0 bridgehead atoms. The van der Waals surface area contributed by atoms with E-state index in [4.69, 9.17) is 14.2 Å². The molecule has 0 amide bonds. The van der Waals surface area contributed by atoms with Crippen molar-refractivity contribution in [3.8, 4) is 22.6 Å². The van der Waals surface area contributed by atoms with E-state index in [0.29, 0.717) is 44.1 Å². The van der Waals surface area contributed by atoms with Crippen LogP contribution in [0.4, 0.5) is 39.5 Å². The Kier molecular flexibility index (Phi) is 10.1. The van der Waals surface area contributed by atoms with Crippen LogP contribution in [-0.2, 0) is 20.3 Å². The molecule has 0 aliphatic carbocycles. The highest BCUT2D eigenvalue weighted by atomic mass is 19.4. The van der Waals surface area contributed by atoms with Crippen molar-refractivity contribution >= 4 is 0 Å². The van der Waals surface area contributed by atoms with Gasteiger partial charge in [0.2, 0.25) is 5.75 Å². The van der Waals surface area contributed by atoms with Crippen LogP contribution in [0, 0.1) is 29.2 Å². The first kappa shape index (κ1) is 32.4. The molecule has 1 aliphatic heterocycles. The summed E-state index contributed by atoms with van der Waals surface area (Å²) in [6, 6.07) is 7.23. The fraction of sp³-hybridized carbons (Fsp3) is 0.379. The number of alkyl halides is 5. The number of benzene rings is 3. The summed E-state index contributed by atoms with van der Waals surface area (Å²) in [4.78, 5) is 0. The zero-order valence-electron chi connectivity index (χ0n) is 22.5. The average molecular weight is 624 g/mol. The highest BCUT2D eigenvalue weighted by Crippen LogP contribution is 2.39. The van der Waals surface area contributed by atoms with Crippen LogP contribution in [-0.4, -0.2) is 32.8 Å². The highest BCUT2D eigenvalue weighted by molar-refractivity contribution is 5.64. The molecule has 0 unspecified atom stereocenters. The lowest BCUT2D eigenvalue weighted by atomic mass is 10.0. The molecule has 1 heterocycles. The predicted octanol–water partition coefficient (Wildman–Crippen LogP) is 8.42. The number of hydrogen-bond acceptors (Lipinski definition) is 5. The van der Waals surface area contributed by atoms with Gasteiger partial charge in [0.15, 0.2) is 17.9 Å². The lowest BCUT2D eigenvalue weighted by Crippen LogP contribution is -2.28. The van der Waals surface area contributed by atoms with Crippen LogP contribution in [0.5, 0.6) is 11.5 Å². The van der Waals surface area contributed by atoms with E-state index in [1.54, 1.807) is 12.1 Å². The normalized spacial score (nSPS) is 17.6. The van der Waals surface area contributed by atoms with Crippen LogP contribution in [0.3, 0.4) is 0 Å². The molecular formula is C29H25F9O5. The number of ether oxygens (including phenoxy) is 5. The van der Waals surface area contributed by atoms with E-state index >= 15 is 0 Å². The third kappa shape index (κ3) is 8.33. The fourth-order valence-corrected chi connectivity index (χ4v) is 4.26. The van der Waals surface area contributed by atoms with E-state index in [1.165, 1.54) is 12.1 Å². The summed E-state index contributed by atoms with van der Waals surface area (Å²) in [6.45, 7) is 4.18. The van der Waals surface area contributed by atoms with E-state index in [1.807, 2.05) is 6.92 Å². The van der Waals surface area contributed by atoms with Gasteiger partial charge in [0.05, 0.1) is 13.2 Å². The third-order valence-corrected chi connectivity index (χ3v) is 6.27. The van der Waals surface area contributed by atoms with Crippen LogP contribution in [0.2, 0.25) is 0 Å². The monoisotopic (exact) mass is 624 g/mol. The van der Waals surface area contributed by atoms with Gasteiger partial charge in [-0.25, -0.2) is 17.6 Å². The first-order valence-corrected chi connectivity index (χ1v) is 13.0. The maximum atomic E-state index is 14.8.